The number of ketones is 1. The van der Waals surface area contributed by atoms with Crippen molar-refractivity contribution in [3.8, 4) is 0 Å². The molecule has 0 saturated carbocycles. The summed E-state index contributed by atoms with van der Waals surface area (Å²) in [5, 5.41) is 2.83. The van der Waals surface area contributed by atoms with Crippen LogP contribution in [0.1, 0.15) is 90.9 Å². The highest BCUT2D eigenvalue weighted by Gasteiger charge is 2.00. The summed E-state index contributed by atoms with van der Waals surface area (Å²) >= 11 is 0. The number of hydrogen-bond donors (Lipinski definition) is 1. The van der Waals surface area contributed by atoms with Crippen LogP contribution in [0.4, 0.5) is 0 Å². The first kappa shape index (κ1) is 35.9. The zero-order valence-electron chi connectivity index (χ0n) is 22.9. The molecular weight excluding hydrogens is 462 g/mol. The van der Waals surface area contributed by atoms with Crippen molar-refractivity contribution >= 4 is 17.8 Å². The SMILES string of the molecule is C/C=C/C(=O)NCCCCCC(=O)CC/C=C\C/C=C\C/C=C\C/C=C\C/C=C\C/C=C\CC.O=C=O. The van der Waals surface area contributed by atoms with Gasteiger partial charge in [-0.15, -0.1) is 0 Å². The molecule has 0 aliphatic carbocycles. The molecule has 0 heterocycles. The second-order valence-electron chi connectivity index (χ2n) is 8.18. The molecular formula is C32H47NO4. The Morgan fingerprint density at radius 2 is 1.11 bits per heavy atom. The number of carbonyl (C=O) groups is 2. The Hall–Kier alpha value is -3.30. The van der Waals surface area contributed by atoms with Crippen molar-refractivity contribution < 1.29 is 19.2 Å². The van der Waals surface area contributed by atoms with Crippen molar-refractivity contribution in [2.75, 3.05) is 6.54 Å². The van der Waals surface area contributed by atoms with Crippen LogP contribution in [0, 0.1) is 0 Å². The molecule has 0 rings (SSSR count). The Labute approximate surface area is 224 Å². The molecule has 0 aromatic carbocycles. The van der Waals surface area contributed by atoms with Crippen LogP contribution < -0.4 is 5.32 Å². The van der Waals surface area contributed by atoms with Gasteiger partial charge in [-0.2, -0.15) is 9.59 Å². The Kier molecular flexibility index (Phi) is 31.7. The van der Waals surface area contributed by atoms with E-state index >= 15 is 0 Å². The fourth-order valence-corrected chi connectivity index (χ4v) is 3.05. The average molecular weight is 510 g/mol. The summed E-state index contributed by atoms with van der Waals surface area (Å²) in [4.78, 5) is 39.4. The lowest BCUT2D eigenvalue weighted by molar-refractivity contribution is -0.191. The first-order chi connectivity index (χ1) is 18.1. The van der Waals surface area contributed by atoms with Crippen molar-refractivity contribution in [3.63, 3.8) is 0 Å². The molecule has 0 bridgehead atoms. The van der Waals surface area contributed by atoms with Crippen LogP contribution in [0.25, 0.3) is 0 Å². The van der Waals surface area contributed by atoms with E-state index in [9.17, 15) is 9.59 Å². The maximum atomic E-state index is 11.9. The molecule has 0 aliphatic rings. The highest BCUT2D eigenvalue weighted by molar-refractivity contribution is 5.87. The van der Waals surface area contributed by atoms with E-state index in [4.69, 9.17) is 9.59 Å². The summed E-state index contributed by atoms with van der Waals surface area (Å²) in [5.74, 6) is 0.285. The van der Waals surface area contributed by atoms with Crippen molar-refractivity contribution in [2.24, 2.45) is 0 Å². The lowest BCUT2D eigenvalue weighted by Gasteiger charge is -2.02. The smallest absolute Gasteiger partial charge is 0.353 e. The van der Waals surface area contributed by atoms with Crippen LogP contribution in [-0.4, -0.2) is 24.4 Å². The molecule has 0 spiro atoms. The lowest BCUT2D eigenvalue weighted by atomic mass is 10.1. The quantitative estimate of drug-likeness (QED) is 0.0976. The molecule has 5 heteroatoms. The maximum absolute atomic E-state index is 11.9. The average Bonchev–Trinajstić information content (AvgIpc) is 2.88. The van der Waals surface area contributed by atoms with Gasteiger partial charge in [-0.3, -0.25) is 9.59 Å². The van der Waals surface area contributed by atoms with Gasteiger partial charge in [0.25, 0.3) is 0 Å². The van der Waals surface area contributed by atoms with Gasteiger partial charge >= 0.3 is 6.15 Å². The summed E-state index contributed by atoms with van der Waals surface area (Å²) < 4.78 is 0. The third-order valence-electron chi connectivity index (χ3n) is 4.94. The van der Waals surface area contributed by atoms with Gasteiger partial charge in [0.2, 0.25) is 5.91 Å². The van der Waals surface area contributed by atoms with Crippen LogP contribution in [0.2, 0.25) is 0 Å². The topological polar surface area (TPSA) is 80.3 Å². The zero-order valence-corrected chi connectivity index (χ0v) is 22.9. The van der Waals surface area contributed by atoms with E-state index in [0.29, 0.717) is 25.2 Å². The van der Waals surface area contributed by atoms with E-state index in [0.717, 1.165) is 64.2 Å². The van der Waals surface area contributed by atoms with Gasteiger partial charge in [0.15, 0.2) is 0 Å². The second kappa shape index (κ2) is 32.7. The number of amides is 1. The minimum atomic E-state index is -0.0463. The summed E-state index contributed by atoms with van der Waals surface area (Å²) in [6.45, 7) is 4.65. The predicted molar refractivity (Wildman–Crippen MR) is 154 cm³/mol. The summed E-state index contributed by atoms with van der Waals surface area (Å²) in [5.41, 5.74) is 0. The van der Waals surface area contributed by atoms with Gasteiger partial charge in [-0.25, -0.2) is 0 Å². The standard InChI is InChI=1S/C31H47NO2.CO2/c1-3-5-6-7-8-9-10-11-12-13-14-15-16-17-18-19-20-21-23-27-30(33)28-24-22-25-29-32-31(34)26-4-2;2-1-3/h4-6,8-9,11-12,14-15,17-18,20-21,26H,3,7,10,13,16,19,22-25,27-29H2,1-2H3,(H,32,34);/b6-5-,9-8-,12-11-,15-14-,18-17-,21-20-,26-4+;. The van der Waals surface area contributed by atoms with Gasteiger partial charge in [0, 0.05) is 19.4 Å². The number of Topliss-reactive ketones (excluding diaryl/α,β-unsaturated/α-hetero) is 1. The van der Waals surface area contributed by atoms with Crippen LogP contribution in [0.5, 0.6) is 0 Å². The number of nitrogens with one attached hydrogen (secondary N) is 1. The Bertz CT molecular complexity index is 792. The number of allylic oxidation sites excluding steroid dienone is 13. The minimum Gasteiger partial charge on any atom is -0.353 e. The van der Waals surface area contributed by atoms with Crippen LogP contribution in [0.3, 0.4) is 0 Å². The van der Waals surface area contributed by atoms with Gasteiger partial charge < -0.3 is 5.32 Å². The van der Waals surface area contributed by atoms with Crippen molar-refractivity contribution in [3.05, 3.63) is 85.1 Å². The largest absolute Gasteiger partial charge is 0.373 e. The fourth-order valence-electron chi connectivity index (χ4n) is 3.05. The normalized spacial score (nSPS) is 11.9. The number of hydrogen-bond acceptors (Lipinski definition) is 4. The number of unbranched alkanes of at least 4 members (excludes halogenated alkanes) is 2. The highest BCUT2D eigenvalue weighted by Crippen LogP contribution is 2.05. The van der Waals surface area contributed by atoms with E-state index in [1.807, 2.05) is 6.92 Å². The predicted octanol–water partition coefficient (Wildman–Crippen LogP) is 7.70. The first-order valence-corrected chi connectivity index (χ1v) is 13.4. The van der Waals surface area contributed by atoms with E-state index in [2.05, 4.69) is 85.2 Å². The molecule has 204 valence electrons. The van der Waals surface area contributed by atoms with Crippen LogP contribution in [-0.2, 0) is 19.2 Å². The van der Waals surface area contributed by atoms with E-state index < -0.39 is 0 Å². The molecule has 0 saturated heterocycles. The maximum Gasteiger partial charge on any atom is 0.373 e. The highest BCUT2D eigenvalue weighted by atomic mass is 16.2. The van der Waals surface area contributed by atoms with Crippen LogP contribution in [0.15, 0.2) is 85.1 Å². The second-order valence-corrected chi connectivity index (χ2v) is 8.18. The molecule has 1 amide bonds. The molecule has 0 unspecified atom stereocenters. The molecule has 0 aromatic rings. The van der Waals surface area contributed by atoms with Gasteiger partial charge in [-0.1, -0.05) is 92.3 Å². The monoisotopic (exact) mass is 509 g/mol. The van der Waals surface area contributed by atoms with Gasteiger partial charge in [-0.05, 0) is 70.8 Å². The van der Waals surface area contributed by atoms with E-state index in [1.54, 1.807) is 6.08 Å². The van der Waals surface area contributed by atoms with Crippen molar-refractivity contribution in [2.45, 2.75) is 90.9 Å². The lowest BCUT2D eigenvalue weighted by Crippen LogP contribution is -2.21. The molecule has 0 aliphatic heterocycles. The molecule has 0 fully saturated rings. The zero-order chi connectivity index (χ0) is 27.7. The third kappa shape index (κ3) is 34.9. The first-order valence-electron chi connectivity index (χ1n) is 13.4. The molecule has 37 heavy (non-hydrogen) atoms. The van der Waals surface area contributed by atoms with E-state index in [-0.39, 0.29) is 12.1 Å². The number of rotatable bonds is 21. The van der Waals surface area contributed by atoms with Crippen molar-refractivity contribution in [1.29, 1.82) is 0 Å². The molecule has 1 N–H and O–H groups in total. The Morgan fingerprint density at radius 1 is 0.649 bits per heavy atom. The van der Waals surface area contributed by atoms with Crippen LogP contribution >= 0.6 is 0 Å². The number of carbonyl (C=O) groups excluding carboxylic acids is 4. The fraction of sp³-hybridized carbons (Fsp3) is 0.469. The molecule has 0 aromatic heterocycles. The van der Waals surface area contributed by atoms with Gasteiger partial charge in [0.05, 0.1) is 0 Å². The third-order valence-corrected chi connectivity index (χ3v) is 4.94. The molecule has 5 nitrogen and oxygen atoms in total. The summed E-state index contributed by atoms with van der Waals surface area (Å²) in [7, 11) is 0. The molecule has 0 radical (unpaired) electrons. The Morgan fingerprint density at radius 3 is 1.57 bits per heavy atom. The minimum absolute atomic E-state index is 0.0463. The van der Waals surface area contributed by atoms with Gasteiger partial charge in [0.1, 0.15) is 5.78 Å². The van der Waals surface area contributed by atoms with Crippen molar-refractivity contribution in [1.82, 2.24) is 5.32 Å². The Balaban J connectivity index is 0. The summed E-state index contributed by atoms with van der Waals surface area (Å²) in [6, 6.07) is 0. The summed E-state index contributed by atoms with van der Waals surface area (Å²) in [6.07, 6.45) is 40.7. The van der Waals surface area contributed by atoms with E-state index in [1.165, 1.54) is 6.08 Å². The molecule has 0 atom stereocenters.